The maximum atomic E-state index is 4.83. The number of anilines is 1. The summed E-state index contributed by atoms with van der Waals surface area (Å²) in [5.41, 5.74) is 0. The van der Waals surface area contributed by atoms with Crippen LogP contribution in [0, 0.1) is 6.92 Å². The molecule has 0 radical (unpaired) electrons. The molecule has 0 bridgehead atoms. The highest BCUT2D eigenvalue weighted by atomic mass is 32.1. The number of nitrogens with one attached hydrogen (secondary N) is 3. The molecule has 1 aromatic rings. The molecule has 7 heteroatoms. The highest BCUT2D eigenvalue weighted by molar-refractivity contribution is 7.80. The first kappa shape index (κ1) is 8.00. The Morgan fingerprint density at radius 1 is 1.73 bits per heavy atom. The van der Waals surface area contributed by atoms with E-state index in [1.807, 2.05) is 6.92 Å². The summed E-state index contributed by atoms with van der Waals surface area (Å²) in [6.45, 7) is 1.82. The molecule has 3 N–H and O–H groups in total. The van der Waals surface area contributed by atoms with Crippen LogP contribution in [-0.2, 0) is 0 Å². The molecule has 0 saturated heterocycles. The van der Waals surface area contributed by atoms with E-state index < -0.39 is 0 Å². The maximum Gasteiger partial charge on any atom is 0.248 e. The van der Waals surface area contributed by atoms with Crippen LogP contribution in [0.15, 0.2) is 0 Å². The zero-order valence-electron chi connectivity index (χ0n) is 6.30. The summed E-state index contributed by atoms with van der Waals surface area (Å²) in [5, 5.41) is 12.5. The number of hydrogen-bond acceptors (Lipinski definition) is 3. The van der Waals surface area contributed by atoms with Gasteiger partial charge in [0.1, 0.15) is 5.82 Å². The van der Waals surface area contributed by atoms with Gasteiger partial charge in [-0.2, -0.15) is 4.98 Å². The quantitative estimate of drug-likeness (QED) is 0.369. The van der Waals surface area contributed by atoms with Gasteiger partial charge in [-0.25, -0.2) is 0 Å². The second-order valence-corrected chi connectivity index (χ2v) is 2.36. The first-order chi connectivity index (χ1) is 5.22. The van der Waals surface area contributed by atoms with Crippen molar-refractivity contribution in [1.29, 1.82) is 0 Å². The van der Waals surface area contributed by atoms with E-state index in [0.717, 1.165) is 5.82 Å². The monoisotopic (exact) mass is 169 g/mol. The summed E-state index contributed by atoms with van der Waals surface area (Å²) >= 11 is 4.83. The summed E-state index contributed by atoms with van der Waals surface area (Å²) in [6.07, 6.45) is 0. The number of thiocarbonyl (C=S) groups is 1. The zero-order valence-corrected chi connectivity index (χ0v) is 7.12. The number of hydrogen-bond donors (Lipinski definition) is 3. The smallest absolute Gasteiger partial charge is 0.248 e. The van der Waals surface area contributed by atoms with Crippen molar-refractivity contribution in [2.75, 3.05) is 5.32 Å². The van der Waals surface area contributed by atoms with Crippen molar-refractivity contribution >= 4 is 31.3 Å². The lowest BCUT2D eigenvalue weighted by Crippen LogP contribution is -2.26. The largest absolute Gasteiger partial charge is 0.412 e. The average molecular weight is 169 g/mol. The van der Waals surface area contributed by atoms with Crippen molar-refractivity contribution in [1.82, 2.24) is 20.4 Å². The molecule has 0 unspecified atom stereocenters. The molecule has 1 heterocycles. The SMILES string of the molecule is BNC(=S)Nc1n[nH]c(C)n1. The van der Waals surface area contributed by atoms with Gasteiger partial charge >= 0.3 is 0 Å². The number of H-pyrrole nitrogens is 1. The zero-order chi connectivity index (χ0) is 8.27. The molecule has 0 amide bonds. The van der Waals surface area contributed by atoms with Crippen LogP contribution in [0.2, 0.25) is 0 Å². The van der Waals surface area contributed by atoms with E-state index in [1.165, 1.54) is 0 Å². The maximum absolute atomic E-state index is 4.83. The van der Waals surface area contributed by atoms with Gasteiger partial charge in [-0.1, -0.05) is 0 Å². The van der Waals surface area contributed by atoms with Gasteiger partial charge in [-0.3, -0.25) is 5.10 Å². The molecule has 0 aromatic carbocycles. The van der Waals surface area contributed by atoms with Gasteiger partial charge in [-0.15, -0.1) is 5.10 Å². The summed E-state index contributed by atoms with van der Waals surface area (Å²) in [5.74, 6) is 1.24. The van der Waals surface area contributed by atoms with Crippen LogP contribution in [0.4, 0.5) is 5.95 Å². The van der Waals surface area contributed by atoms with Crippen LogP contribution >= 0.6 is 12.2 Å². The van der Waals surface area contributed by atoms with Crippen molar-refractivity contribution in [2.24, 2.45) is 0 Å². The number of aromatic amines is 1. The van der Waals surface area contributed by atoms with Crippen LogP contribution in [0.3, 0.4) is 0 Å². The lowest BCUT2D eigenvalue weighted by atomic mass is 10.4. The van der Waals surface area contributed by atoms with Crippen molar-refractivity contribution in [3.63, 3.8) is 0 Å². The van der Waals surface area contributed by atoms with Crippen LogP contribution in [0.1, 0.15) is 5.82 Å². The Balaban J connectivity index is 2.57. The first-order valence-electron chi connectivity index (χ1n) is 3.10. The van der Waals surface area contributed by atoms with Gasteiger partial charge in [0.05, 0.1) is 0 Å². The highest BCUT2D eigenvalue weighted by Crippen LogP contribution is 1.95. The van der Waals surface area contributed by atoms with Gasteiger partial charge in [0.25, 0.3) is 0 Å². The molecule has 0 aliphatic carbocycles. The predicted octanol–water partition coefficient (Wildman–Crippen LogP) is -1.05. The fraction of sp³-hybridized carbons (Fsp3) is 0.250. The van der Waals surface area contributed by atoms with Crippen LogP contribution < -0.4 is 10.5 Å². The fourth-order valence-electron chi connectivity index (χ4n) is 0.563. The molecule has 5 nitrogen and oxygen atoms in total. The van der Waals surface area contributed by atoms with E-state index in [4.69, 9.17) is 12.2 Å². The van der Waals surface area contributed by atoms with Crippen LogP contribution in [0.25, 0.3) is 0 Å². The minimum absolute atomic E-state index is 0.488. The molecule has 0 fully saturated rings. The van der Waals surface area contributed by atoms with Gasteiger partial charge in [-0.05, 0) is 19.1 Å². The lowest BCUT2D eigenvalue weighted by Gasteiger charge is -2.00. The summed E-state index contributed by atoms with van der Waals surface area (Å²) in [7, 11) is 1.73. The number of aryl methyl sites for hydroxylation is 1. The summed E-state index contributed by atoms with van der Waals surface area (Å²) in [6, 6.07) is 0. The number of rotatable bonds is 1. The summed E-state index contributed by atoms with van der Waals surface area (Å²) in [4.78, 5) is 3.99. The average Bonchev–Trinajstić information content (AvgIpc) is 2.35. The Labute approximate surface area is 70.4 Å². The standard InChI is InChI=1S/C4H8BN5S/c1-2-6-3(10-9-2)7-4(11)8-5/h5H2,1H3,(H3,6,7,8,9,10,11). The van der Waals surface area contributed by atoms with Crippen molar-refractivity contribution < 1.29 is 0 Å². The van der Waals surface area contributed by atoms with Crippen molar-refractivity contribution in [2.45, 2.75) is 6.92 Å². The third-order valence-corrected chi connectivity index (χ3v) is 1.36. The van der Waals surface area contributed by atoms with E-state index >= 15 is 0 Å². The highest BCUT2D eigenvalue weighted by Gasteiger charge is 1.98. The van der Waals surface area contributed by atoms with Gasteiger partial charge < -0.3 is 10.5 Å². The van der Waals surface area contributed by atoms with Crippen molar-refractivity contribution in [3.05, 3.63) is 5.82 Å². The molecular formula is C4H8BN5S. The Morgan fingerprint density at radius 3 is 2.91 bits per heavy atom. The van der Waals surface area contributed by atoms with Crippen molar-refractivity contribution in [3.8, 4) is 0 Å². The Bertz CT molecular complexity index is 259. The van der Waals surface area contributed by atoms with Gasteiger partial charge in [0.2, 0.25) is 13.9 Å². The van der Waals surface area contributed by atoms with Crippen LogP contribution in [0.5, 0.6) is 0 Å². The van der Waals surface area contributed by atoms with E-state index in [-0.39, 0.29) is 0 Å². The number of aromatic nitrogens is 3. The topological polar surface area (TPSA) is 65.6 Å². The van der Waals surface area contributed by atoms with Crippen LogP contribution in [-0.4, -0.2) is 28.3 Å². The Morgan fingerprint density at radius 2 is 2.45 bits per heavy atom. The third kappa shape index (κ3) is 2.19. The van der Waals surface area contributed by atoms with Gasteiger partial charge in [0, 0.05) is 0 Å². The minimum atomic E-state index is 0.488. The second kappa shape index (κ2) is 3.33. The molecule has 0 aliphatic heterocycles. The lowest BCUT2D eigenvalue weighted by molar-refractivity contribution is 1.04. The third-order valence-electron chi connectivity index (χ3n) is 1.05. The fourth-order valence-corrected chi connectivity index (χ4v) is 0.654. The number of nitrogens with zero attached hydrogens (tertiary/aromatic N) is 2. The van der Waals surface area contributed by atoms with Gasteiger partial charge in [0.15, 0.2) is 5.11 Å². The molecule has 0 aliphatic rings. The molecule has 0 atom stereocenters. The first-order valence-corrected chi connectivity index (χ1v) is 3.51. The van der Waals surface area contributed by atoms with E-state index in [2.05, 4.69) is 25.7 Å². The van der Waals surface area contributed by atoms with E-state index in [1.54, 1.807) is 7.98 Å². The molecule has 1 aromatic heterocycles. The molecular weight excluding hydrogens is 161 g/mol. The Kier molecular flexibility index (Phi) is 2.42. The Hall–Kier alpha value is -1.11. The van der Waals surface area contributed by atoms with E-state index in [0.29, 0.717) is 11.1 Å². The molecule has 58 valence electrons. The predicted molar refractivity (Wildman–Crippen MR) is 49.0 cm³/mol. The minimum Gasteiger partial charge on any atom is -0.412 e. The molecule has 1 rings (SSSR count). The molecule has 0 saturated carbocycles. The van der Waals surface area contributed by atoms with E-state index in [9.17, 15) is 0 Å². The normalized spacial score (nSPS) is 9.18. The summed E-state index contributed by atoms with van der Waals surface area (Å²) < 4.78 is 0. The molecule has 0 spiro atoms. The molecule has 11 heavy (non-hydrogen) atoms. The second-order valence-electron chi connectivity index (χ2n) is 1.95.